The number of rotatable bonds is 9. The molecule has 27 heavy (non-hydrogen) atoms. The molecule has 0 aliphatic rings. The summed E-state index contributed by atoms with van der Waals surface area (Å²) < 4.78 is 32.2. The van der Waals surface area contributed by atoms with Gasteiger partial charge in [-0.05, 0) is 38.3 Å². The van der Waals surface area contributed by atoms with Crippen LogP contribution < -0.4 is 0 Å². The maximum Gasteiger partial charge on any atom is 0.246 e. The topological polar surface area (TPSA) is 99.9 Å². The highest BCUT2D eigenvalue weighted by Gasteiger charge is 2.17. The minimum atomic E-state index is -3.46. The van der Waals surface area contributed by atoms with Crippen LogP contribution in [0.4, 0.5) is 0 Å². The number of aryl methyl sites for hydroxylation is 2. The summed E-state index contributed by atoms with van der Waals surface area (Å²) in [6.07, 6.45) is 7.63. The molecule has 0 unspecified atom stereocenters. The van der Waals surface area contributed by atoms with Crippen LogP contribution in [0.5, 0.6) is 0 Å². The second-order valence-corrected chi connectivity index (χ2v) is 8.20. The normalized spacial score (nSPS) is 11.9. The van der Waals surface area contributed by atoms with E-state index in [1.165, 1.54) is 12.4 Å². The lowest BCUT2D eigenvalue weighted by molar-refractivity contribution is 0.126. The molecule has 3 heterocycles. The van der Waals surface area contributed by atoms with Crippen molar-refractivity contribution < 1.29 is 13.2 Å². The number of pyridine rings is 1. The highest BCUT2D eigenvalue weighted by Crippen LogP contribution is 2.20. The molecule has 0 bridgehead atoms. The molecule has 0 aromatic carbocycles. The molecule has 0 aliphatic heterocycles. The number of ether oxygens (including phenoxy) is 1. The fraction of sp³-hybridized carbons (Fsp3) is 0.444. The average molecular weight is 389 g/mol. The van der Waals surface area contributed by atoms with E-state index in [4.69, 9.17) is 4.74 Å². The molecular weight excluding hydrogens is 366 g/mol. The lowest BCUT2D eigenvalue weighted by atomic mass is 10.2. The predicted octanol–water partition coefficient (Wildman–Crippen LogP) is 2.32. The van der Waals surface area contributed by atoms with E-state index in [1.54, 1.807) is 12.3 Å². The van der Waals surface area contributed by atoms with Crippen molar-refractivity contribution in [2.24, 2.45) is 0 Å². The Kier molecular flexibility index (Phi) is 6.12. The molecule has 0 saturated carbocycles. The van der Waals surface area contributed by atoms with Gasteiger partial charge in [0.2, 0.25) is 15.0 Å². The molecule has 144 valence electrons. The number of nitrogens with zero attached hydrogens (tertiary/aromatic N) is 5. The van der Waals surface area contributed by atoms with Gasteiger partial charge in [0.05, 0.1) is 17.5 Å². The van der Waals surface area contributed by atoms with Gasteiger partial charge in [0, 0.05) is 31.7 Å². The van der Waals surface area contributed by atoms with Gasteiger partial charge >= 0.3 is 0 Å². The maximum atomic E-state index is 12.3. The molecule has 0 spiro atoms. The van der Waals surface area contributed by atoms with E-state index in [0.717, 1.165) is 22.4 Å². The number of imidazole rings is 1. The maximum absolute atomic E-state index is 12.3. The molecule has 0 saturated heterocycles. The van der Waals surface area contributed by atoms with Crippen LogP contribution in [0.15, 0.2) is 36.0 Å². The van der Waals surface area contributed by atoms with Crippen molar-refractivity contribution in [3.8, 4) is 0 Å². The largest absolute Gasteiger partial charge is 0.374 e. The van der Waals surface area contributed by atoms with Crippen LogP contribution in [0.1, 0.15) is 31.2 Å². The van der Waals surface area contributed by atoms with E-state index in [2.05, 4.69) is 24.5 Å². The molecule has 0 amide bonds. The number of hydrogen-bond acceptors (Lipinski definition) is 7. The Bertz CT molecular complexity index is 1000. The third-order valence-electron chi connectivity index (χ3n) is 4.21. The Labute approximate surface area is 158 Å². The van der Waals surface area contributed by atoms with Gasteiger partial charge in [-0.2, -0.15) is 0 Å². The fourth-order valence-corrected chi connectivity index (χ4v) is 4.16. The first-order valence-corrected chi connectivity index (χ1v) is 10.6. The third-order valence-corrected chi connectivity index (χ3v) is 5.81. The molecule has 3 rings (SSSR count). The van der Waals surface area contributed by atoms with Gasteiger partial charge in [-0.15, -0.1) is 0 Å². The van der Waals surface area contributed by atoms with Crippen LogP contribution in [-0.4, -0.2) is 45.3 Å². The summed E-state index contributed by atoms with van der Waals surface area (Å²) in [6, 6.07) is 1.60. The summed E-state index contributed by atoms with van der Waals surface area (Å²) in [7, 11) is -3.46. The summed E-state index contributed by atoms with van der Waals surface area (Å²) in [6.45, 7) is 5.62. The highest BCUT2D eigenvalue weighted by atomic mass is 32.2. The number of fused-ring (bicyclic) bond motifs is 1. The van der Waals surface area contributed by atoms with Crippen molar-refractivity contribution in [1.29, 1.82) is 0 Å². The van der Waals surface area contributed by atoms with Gasteiger partial charge in [-0.1, -0.05) is 0 Å². The number of hydrogen-bond donors (Lipinski definition) is 0. The third kappa shape index (κ3) is 4.48. The molecule has 8 nitrogen and oxygen atoms in total. The quantitative estimate of drug-likeness (QED) is 0.409. The van der Waals surface area contributed by atoms with Crippen molar-refractivity contribution >= 4 is 20.9 Å². The van der Waals surface area contributed by atoms with Crippen LogP contribution in [-0.2, 0) is 27.7 Å². The standard InChI is InChI=1S/C18H23N5O3S/c1-3-26-13-16-22-15-12-19-11-14(2)17(15)23(16)9-4-5-10-27(24,25)18-20-7-6-8-21-18/h6-8,11-12H,3-5,9-10,13H2,1-2H3. The van der Waals surface area contributed by atoms with Crippen molar-refractivity contribution in [2.75, 3.05) is 12.4 Å². The summed E-state index contributed by atoms with van der Waals surface area (Å²) in [4.78, 5) is 16.5. The second kappa shape index (κ2) is 8.53. The second-order valence-electron chi connectivity index (χ2n) is 6.20. The first kappa shape index (κ1) is 19.4. The summed E-state index contributed by atoms with van der Waals surface area (Å²) in [5, 5.41) is -0.114. The Balaban J connectivity index is 1.71. The van der Waals surface area contributed by atoms with Crippen molar-refractivity contribution in [2.45, 2.75) is 45.0 Å². The molecule has 3 aromatic heterocycles. The summed E-state index contributed by atoms with van der Waals surface area (Å²) in [5.74, 6) is 0.850. The van der Waals surface area contributed by atoms with Gasteiger partial charge in [0.25, 0.3) is 0 Å². The van der Waals surface area contributed by atoms with Crippen LogP contribution in [0.25, 0.3) is 11.0 Å². The zero-order valence-electron chi connectivity index (χ0n) is 15.5. The SMILES string of the molecule is CCOCc1nc2cncc(C)c2n1CCCCS(=O)(=O)c1ncccn1. The monoisotopic (exact) mass is 389 g/mol. The zero-order valence-corrected chi connectivity index (χ0v) is 16.3. The molecule has 0 N–H and O–H groups in total. The van der Waals surface area contributed by atoms with E-state index < -0.39 is 9.84 Å². The van der Waals surface area contributed by atoms with Gasteiger partial charge in [0.15, 0.2) is 0 Å². The van der Waals surface area contributed by atoms with Crippen molar-refractivity contribution in [3.05, 3.63) is 42.2 Å². The molecule has 0 radical (unpaired) electrons. The lowest BCUT2D eigenvalue weighted by Crippen LogP contribution is -2.12. The Hall–Kier alpha value is -2.39. The number of unbranched alkanes of at least 4 members (excludes halogenated alkanes) is 1. The highest BCUT2D eigenvalue weighted by molar-refractivity contribution is 7.91. The van der Waals surface area contributed by atoms with Gasteiger partial charge < -0.3 is 9.30 Å². The van der Waals surface area contributed by atoms with E-state index in [1.807, 2.05) is 20.0 Å². The van der Waals surface area contributed by atoms with Crippen molar-refractivity contribution in [3.63, 3.8) is 0 Å². The molecule has 3 aromatic rings. The number of sulfone groups is 1. The van der Waals surface area contributed by atoms with Gasteiger partial charge in [-0.25, -0.2) is 23.4 Å². The minimum absolute atomic E-state index is 0.0188. The minimum Gasteiger partial charge on any atom is -0.374 e. The average Bonchev–Trinajstić information content (AvgIpc) is 3.03. The van der Waals surface area contributed by atoms with E-state index in [9.17, 15) is 8.42 Å². The Morgan fingerprint density at radius 2 is 1.93 bits per heavy atom. The lowest BCUT2D eigenvalue weighted by Gasteiger charge is -2.10. The van der Waals surface area contributed by atoms with E-state index >= 15 is 0 Å². The first-order valence-electron chi connectivity index (χ1n) is 8.90. The summed E-state index contributed by atoms with van der Waals surface area (Å²) in [5.41, 5.74) is 2.89. The van der Waals surface area contributed by atoms with Crippen LogP contribution in [0.3, 0.4) is 0 Å². The molecule has 0 aliphatic carbocycles. The molecular formula is C18H23N5O3S. The van der Waals surface area contributed by atoms with Crippen LogP contribution in [0.2, 0.25) is 0 Å². The van der Waals surface area contributed by atoms with E-state index in [-0.39, 0.29) is 10.9 Å². The number of aromatic nitrogens is 5. The van der Waals surface area contributed by atoms with Crippen LogP contribution in [0, 0.1) is 6.92 Å². The molecule has 9 heteroatoms. The van der Waals surface area contributed by atoms with Gasteiger partial charge in [-0.3, -0.25) is 4.98 Å². The van der Waals surface area contributed by atoms with Gasteiger partial charge in [0.1, 0.15) is 17.9 Å². The van der Waals surface area contributed by atoms with Crippen molar-refractivity contribution in [1.82, 2.24) is 24.5 Å². The first-order chi connectivity index (χ1) is 13.0. The van der Waals surface area contributed by atoms with E-state index in [0.29, 0.717) is 32.6 Å². The Morgan fingerprint density at radius 3 is 2.67 bits per heavy atom. The smallest absolute Gasteiger partial charge is 0.246 e. The molecule has 0 atom stereocenters. The molecule has 0 fully saturated rings. The summed E-state index contributed by atoms with van der Waals surface area (Å²) >= 11 is 0. The Morgan fingerprint density at radius 1 is 1.15 bits per heavy atom. The van der Waals surface area contributed by atoms with Crippen LogP contribution >= 0.6 is 0 Å². The fourth-order valence-electron chi connectivity index (χ4n) is 2.95. The predicted molar refractivity (Wildman–Crippen MR) is 101 cm³/mol. The zero-order chi connectivity index (χ0) is 19.3.